The van der Waals surface area contributed by atoms with Crippen LogP contribution in [0.25, 0.3) is 11.3 Å². The van der Waals surface area contributed by atoms with Crippen molar-refractivity contribution in [2.45, 2.75) is 27.3 Å². The molecule has 0 spiro atoms. The van der Waals surface area contributed by atoms with Gasteiger partial charge in [0, 0.05) is 43.9 Å². The van der Waals surface area contributed by atoms with Crippen molar-refractivity contribution in [2.75, 3.05) is 38.2 Å². The average Bonchev–Trinajstić information content (AvgIpc) is 2.64. The first-order valence-corrected chi connectivity index (χ1v) is 9.33. The molecular formula is C20H29Cl2FN4O2. The second-order valence-electron chi connectivity index (χ2n) is 7.29. The number of benzene rings is 1. The summed E-state index contributed by atoms with van der Waals surface area (Å²) in [4.78, 5) is 15.2. The van der Waals surface area contributed by atoms with Gasteiger partial charge in [-0.15, -0.1) is 24.8 Å². The van der Waals surface area contributed by atoms with Gasteiger partial charge in [-0.2, -0.15) is 5.10 Å². The molecule has 162 valence electrons. The van der Waals surface area contributed by atoms with Gasteiger partial charge in [0.05, 0.1) is 12.8 Å². The van der Waals surface area contributed by atoms with Gasteiger partial charge >= 0.3 is 0 Å². The number of nitrogens with one attached hydrogen (secondary N) is 1. The molecule has 2 heterocycles. The number of anilines is 1. The second kappa shape index (κ2) is 10.8. The molecule has 0 atom stereocenters. The summed E-state index contributed by atoms with van der Waals surface area (Å²) in [7, 11) is 1.44. The van der Waals surface area contributed by atoms with Crippen molar-refractivity contribution in [3.8, 4) is 17.0 Å². The predicted octanol–water partition coefficient (Wildman–Crippen LogP) is 3.28. The largest absolute Gasteiger partial charge is 0.494 e. The molecule has 1 aliphatic heterocycles. The van der Waals surface area contributed by atoms with Gasteiger partial charge < -0.3 is 15.0 Å². The van der Waals surface area contributed by atoms with Gasteiger partial charge in [-0.25, -0.2) is 9.07 Å². The first kappa shape index (κ1) is 25.2. The van der Waals surface area contributed by atoms with Gasteiger partial charge in [-0.05, 0) is 31.0 Å². The SMILES string of the molecule is COc1ccc(-c2nn(CC(C)C)c(=O)c(N3CCNCC3)c2C)cc1F.Cl.Cl. The summed E-state index contributed by atoms with van der Waals surface area (Å²) in [6.07, 6.45) is 0. The van der Waals surface area contributed by atoms with Gasteiger partial charge in [0.2, 0.25) is 0 Å². The zero-order chi connectivity index (χ0) is 19.6. The van der Waals surface area contributed by atoms with E-state index in [1.807, 2.05) is 20.8 Å². The maximum atomic E-state index is 14.3. The lowest BCUT2D eigenvalue weighted by Crippen LogP contribution is -2.47. The van der Waals surface area contributed by atoms with E-state index >= 15 is 0 Å². The first-order valence-electron chi connectivity index (χ1n) is 9.33. The third kappa shape index (κ3) is 5.41. The van der Waals surface area contributed by atoms with Gasteiger partial charge in [-0.1, -0.05) is 13.8 Å². The molecule has 0 unspecified atom stereocenters. The van der Waals surface area contributed by atoms with E-state index in [2.05, 4.69) is 15.3 Å². The van der Waals surface area contributed by atoms with Crippen molar-refractivity contribution in [3.05, 3.63) is 39.9 Å². The summed E-state index contributed by atoms with van der Waals surface area (Å²) in [6, 6.07) is 4.79. The Labute approximate surface area is 183 Å². The zero-order valence-electron chi connectivity index (χ0n) is 17.2. The van der Waals surface area contributed by atoms with Crippen LogP contribution in [0.3, 0.4) is 0 Å². The molecule has 9 heteroatoms. The van der Waals surface area contributed by atoms with Crippen LogP contribution < -0.4 is 20.5 Å². The normalized spacial score (nSPS) is 13.7. The van der Waals surface area contributed by atoms with Crippen LogP contribution in [0.5, 0.6) is 5.75 Å². The minimum atomic E-state index is -0.443. The Balaban J connectivity index is 0.00000210. The van der Waals surface area contributed by atoms with E-state index in [0.29, 0.717) is 23.5 Å². The summed E-state index contributed by atoms with van der Waals surface area (Å²) in [5.74, 6) is 0.0185. The van der Waals surface area contributed by atoms with Crippen molar-refractivity contribution < 1.29 is 9.13 Å². The van der Waals surface area contributed by atoms with Gasteiger partial charge in [-0.3, -0.25) is 4.79 Å². The molecule has 2 aromatic rings. The Kier molecular flexibility index (Phi) is 9.39. The van der Waals surface area contributed by atoms with E-state index in [9.17, 15) is 9.18 Å². The third-order valence-electron chi connectivity index (χ3n) is 4.76. The predicted molar refractivity (Wildman–Crippen MR) is 120 cm³/mol. The fraction of sp³-hybridized carbons (Fsp3) is 0.500. The molecule has 1 fully saturated rings. The topological polar surface area (TPSA) is 59.4 Å². The van der Waals surface area contributed by atoms with Crippen molar-refractivity contribution in [1.82, 2.24) is 15.1 Å². The summed E-state index contributed by atoms with van der Waals surface area (Å²) < 4.78 is 20.8. The molecule has 0 bridgehead atoms. The lowest BCUT2D eigenvalue weighted by molar-refractivity contribution is 0.386. The average molecular weight is 447 g/mol. The number of piperazine rings is 1. The number of halogens is 3. The van der Waals surface area contributed by atoms with Gasteiger partial charge in [0.25, 0.3) is 5.56 Å². The summed E-state index contributed by atoms with van der Waals surface area (Å²) in [6.45, 7) is 9.69. The molecule has 1 aromatic carbocycles. The molecule has 0 saturated carbocycles. The highest BCUT2D eigenvalue weighted by atomic mass is 35.5. The quantitative estimate of drug-likeness (QED) is 0.763. The summed E-state index contributed by atoms with van der Waals surface area (Å²) >= 11 is 0. The Hall–Kier alpha value is -1.83. The standard InChI is InChI=1S/C20H27FN4O2.2ClH/c1-13(2)12-25-20(26)19(24-9-7-22-8-10-24)14(3)18(23-25)15-5-6-17(27-4)16(21)11-15;;/h5-6,11,13,22H,7-10,12H2,1-4H3;2*1H. The smallest absolute Gasteiger partial charge is 0.290 e. The van der Waals surface area contributed by atoms with E-state index in [1.165, 1.54) is 17.9 Å². The monoisotopic (exact) mass is 446 g/mol. The van der Waals surface area contributed by atoms with Crippen molar-refractivity contribution >= 4 is 30.5 Å². The number of rotatable bonds is 5. The van der Waals surface area contributed by atoms with Crippen LogP contribution in [0.2, 0.25) is 0 Å². The lowest BCUT2D eigenvalue weighted by Gasteiger charge is -2.31. The summed E-state index contributed by atoms with van der Waals surface area (Å²) in [5, 5.41) is 7.90. The van der Waals surface area contributed by atoms with Crippen molar-refractivity contribution in [3.63, 3.8) is 0 Å². The molecule has 1 aliphatic rings. The Morgan fingerprint density at radius 3 is 2.45 bits per heavy atom. The van der Waals surface area contributed by atoms with Crippen LogP contribution in [0.1, 0.15) is 19.4 Å². The number of hydrogen-bond acceptors (Lipinski definition) is 5. The van der Waals surface area contributed by atoms with Gasteiger partial charge in [0.1, 0.15) is 5.69 Å². The maximum Gasteiger partial charge on any atom is 0.290 e. The van der Waals surface area contributed by atoms with Crippen LogP contribution in [-0.4, -0.2) is 43.1 Å². The molecule has 29 heavy (non-hydrogen) atoms. The number of methoxy groups -OCH3 is 1. The number of nitrogens with zero attached hydrogens (tertiary/aromatic N) is 3. The minimum absolute atomic E-state index is 0. The van der Waals surface area contributed by atoms with E-state index in [4.69, 9.17) is 4.74 Å². The van der Waals surface area contributed by atoms with Crippen LogP contribution in [0.4, 0.5) is 10.1 Å². The van der Waals surface area contributed by atoms with Crippen LogP contribution in [-0.2, 0) is 6.54 Å². The molecule has 0 aliphatic carbocycles. The number of aromatic nitrogens is 2. The van der Waals surface area contributed by atoms with Crippen LogP contribution in [0.15, 0.2) is 23.0 Å². The Morgan fingerprint density at radius 1 is 1.24 bits per heavy atom. The highest BCUT2D eigenvalue weighted by molar-refractivity contribution is 5.85. The van der Waals surface area contributed by atoms with Crippen molar-refractivity contribution in [1.29, 1.82) is 0 Å². The zero-order valence-corrected chi connectivity index (χ0v) is 18.8. The number of hydrogen-bond donors (Lipinski definition) is 1. The van der Waals surface area contributed by atoms with E-state index in [-0.39, 0.29) is 42.0 Å². The fourth-order valence-corrected chi connectivity index (χ4v) is 3.45. The Bertz CT molecular complexity index is 884. The molecule has 0 amide bonds. The van der Waals surface area contributed by atoms with Crippen LogP contribution in [0, 0.1) is 18.7 Å². The number of ether oxygens (including phenoxy) is 1. The lowest BCUT2D eigenvalue weighted by atomic mass is 10.0. The second-order valence-corrected chi connectivity index (χ2v) is 7.29. The van der Waals surface area contributed by atoms with Crippen molar-refractivity contribution in [2.24, 2.45) is 5.92 Å². The van der Waals surface area contributed by atoms with Crippen LogP contribution >= 0.6 is 24.8 Å². The minimum Gasteiger partial charge on any atom is -0.494 e. The molecule has 6 nitrogen and oxygen atoms in total. The molecule has 1 aromatic heterocycles. The molecule has 1 saturated heterocycles. The van der Waals surface area contributed by atoms with E-state index in [0.717, 1.165) is 31.7 Å². The third-order valence-corrected chi connectivity index (χ3v) is 4.76. The first-order chi connectivity index (χ1) is 12.9. The maximum absolute atomic E-state index is 14.3. The van der Waals surface area contributed by atoms with E-state index in [1.54, 1.807) is 12.1 Å². The van der Waals surface area contributed by atoms with Gasteiger partial charge in [0.15, 0.2) is 11.6 Å². The molecule has 0 radical (unpaired) electrons. The van der Waals surface area contributed by atoms with E-state index < -0.39 is 5.82 Å². The highest BCUT2D eigenvalue weighted by Gasteiger charge is 2.22. The molecular weight excluding hydrogens is 418 g/mol. The Morgan fingerprint density at radius 2 is 1.90 bits per heavy atom. The highest BCUT2D eigenvalue weighted by Crippen LogP contribution is 2.29. The summed E-state index contributed by atoms with van der Waals surface area (Å²) in [5.41, 5.74) is 2.63. The molecule has 1 N–H and O–H groups in total. The fourth-order valence-electron chi connectivity index (χ4n) is 3.45. The molecule has 3 rings (SSSR count).